The number of aromatic nitrogens is 2. The molecule has 0 amide bonds. The molecular weight excluding hydrogens is 210 g/mol. The van der Waals surface area contributed by atoms with E-state index in [1.54, 1.807) is 0 Å². The molecule has 3 nitrogen and oxygen atoms in total. The number of hydrogen-bond donors (Lipinski definition) is 1. The average Bonchev–Trinajstić information content (AvgIpc) is 2.69. The monoisotopic (exact) mass is 229 g/mol. The molecule has 2 heterocycles. The van der Waals surface area contributed by atoms with Gasteiger partial charge in [-0.05, 0) is 37.9 Å². The number of hydrogen-bond acceptors (Lipinski definition) is 2. The maximum Gasteiger partial charge on any atom is 0.126 e. The number of nitrogens with one attached hydrogen (secondary N) is 1. The SMILES string of the molecule is Cc1cccc2nc(C3CCCCN3)n(C)c12. The second-order valence-electron chi connectivity index (χ2n) is 4.97. The zero-order valence-corrected chi connectivity index (χ0v) is 10.5. The number of nitrogens with zero attached hydrogens (tertiary/aromatic N) is 2. The van der Waals surface area contributed by atoms with Crippen LogP contribution in [0.5, 0.6) is 0 Å². The molecule has 0 aliphatic carbocycles. The summed E-state index contributed by atoms with van der Waals surface area (Å²) in [6.07, 6.45) is 3.80. The highest BCUT2D eigenvalue weighted by atomic mass is 15.1. The number of piperidine rings is 1. The van der Waals surface area contributed by atoms with Crippen LogP contribution in [0.25, 0.3) is 11.0 Å². The van der Waals surface area contributed by atoms with Crippen molar-refractivity contribution < 1.29 is 0 Å². The summed E-state index contributed by atoms with van der Waals surface area (Å²) >= 11 is 0. The minimum absolute atomic E-state index is 0.431. The number of para-hydroxylation sites is 1. The highest BCUT2D eigenvalue weighted by Crippen LogP contribution is 2.26. The fraction of sp³-hybridized carbons (Fsp3) is 0.500. The lowest BCUT2D eigenvalue weighted by molar-refractivity contribution is 0.392. The van der Waals surface area contributed by atoms with Crippen molar-refractivity contribution in [1.29, 1.82) is 0 Å². The topological polar surface area (TPSA) is 29.9 Å². The van der Waals surface area contributed by atoms with Gasteiger partial charge < -0.3 is 9.88 Å². The molecule has 1 fully saturated rings. The van der Waals surface area contributed by atoms with Gasteiger partial charge in [-0.3, -0.25) is 0 Å². The van der Waals surface area contributed by atoms with Crippen LogP contribution in [0.3, 0.4) is 0 Å². The third kappa shape index (κ3) is 1.75. The lowest BCUT2D eigenvalue weighted by Gasteiger charge is -2.22. The molecule has 3 rings (SSSR count). The molecule has 1 aromatic carbocycles. The summed E-state index contributed by atoms with van der Waals surface area (Å²) in [6.45, 7) is 3.27. The van der Waals surface area contributed by atoms with Crippen LogP contribution in [0.4, 0.5) is 0 Å². The highest BCUT2D eigenvalue weighted by Gasteiger charge is 2.20. The Bertz CT molecular complexity index is 536. The molecule has 3 heteroatoms. The van der Waals surface area contributed by atoms with E-state index in [1.807, 2.05) is 0 Å². The van der Waals surface area contributed by atoms with Crippen molar-refractivity contribution >= 4 is 11.0 Å². The van der Waals surface area contributed by atoms with Crippen molar-refractivity contribution in [3.63, 3.8) is 0 Å². The Morgan fingerprint density at radius 3 is 2.94 bits per heavy atom. The molecule has 1 unspecified atom stereocenters. The maximum atomic E-state index is 4.80. The van der Waals surface area contributed by atoms with Crippen LogP contribution in [0.2, 0.25) is 0 Å². The van der Waals surface area contributed by atoms with Crippen molar-refractivity contribution in [2.24, 2.45) is 7.05 Å². The minimum Gasteiger partial charge on any atom is -0.330 e. The Balaban J connectivity index is 2.10. The Morgan fingerprint density at radius 1 is 1.35 bits per heavy atom. The summed E-state index contributed by atoms with van der Waals surface area (Å²) in [5.74, 6) is 1.19. The molecule has 0 bridgehead atoms. The lowest BCUT2D eigenvalue weighted by atomic mass is 10.0. The van der Waals surface area contributed by atoms with E-state index < -0.39 is 0 Å². The van der Waals surface area contributed by atoms with Crippen molar-refractivity contribution in [2.45, 2.75) is 32.2 Å². The molecule has 0 radical (unpaired) electrons. The molecular formula is C14H19N3. The van der Waals surface area contributed by atoms with E-state index in [0.717, 1.165) is 12.1 Å². The number of fused-ring (bicyclic) bond motifs is 1. The fourth-order valence-electron chi connectivity index (χ4n) is 2.87. The third-order valence-electron chi connectivity index (χ3n) is 3.75. The van der Waals surface area contributed by atoms with Gasteiger partial charge >= 0.3 is 0 Å². The third-order valence-corrected chi connectivity index (χ3v) is 3.75. The van der Waals surface area contributed by atoms with Gasteiger partial charge in [-0.2, -0.15) is 0 Å². The summed E-state index contributed by atoms with van der Waals surface area (Å²) in [7, 11) is 2.13. The van der Waals surface area contributed by atoms with E-state index in [2.05, 4.69) is 42.1 Å². The van der Waals surface area contributed by atoms with Gasteiger partial charge in [0.05, 0.1) is 17.1 Å². The molecule has 17 heavy (non-hydrogen) atoms. The zero-order chi connectivity index (χ0) is 11.8. The molecule has 1 saturated heterocycles. The molecule has 1 atom stereocenters. The molecule has 1 aliphatic heterocycles. The van der Waals surface area contributed by atoms with E-state index in [0.29, 0.717) is 6.04 Å². The molecule has 1 aromatic heterocycles. The van der Waals surface area contributed by atoms with Crippen LogP contribution in [0, 0.1) is 6.92 Å². The first kappa shape index (κ1) is 10.8. The van der Waals surface area contributed by atoms with Gasteiger partial charge in [-0.25, -0.2) is 4.98 Å². The van der Waals surface area contributed by atoms with E-state index in [-0.39, 0.29) is 0 Å². The first-order valence-corrected chi connectivity index (χ1v) is 6.42. The van der Waals surface area contributed by atoms with E-state index >= 15 is 0 Å². The van der Waals surface area contributed by atoms with Crippen LogP contribution < -0.4 is 5.32 Å². The van der Waals surface area contributed by atoms with Gasteiger partial charge in [0, 0.05) is 7.05 Å². The second kappa shape index (κ2) is 4.15. The van der Waals surface area contributed by atoms with Gasteiger partial charge in [0.1, 0.15) is 5.82 Å². The number of imidazole rings is 1. The normalized spacial score (nSPS) is 20.9. The van der Waals surface area contributed by atoms with Crippen molar-refractivity contribution in [3.8, 4) is 0 Å². The highest BCUT2D eigenvalue weighted by molar-refractivity contribution is 5.79. The summed E-state index contributed by atoms with van der Waals surface area (Å²) in [4.78, 5) is 4.80. The minimum atomic E-state index is 0.431. The van der Waals surface area contributed by atoms with Crippen molar-refractivity contribution in [2.75, 3.05) is 6.54 Å². The lowest BCUT2D eigenvalue weighted by Crippen LogP contribution is -2.28. The summed E-state index contributed by atoms with van der Waals surface area (Å²) in [6, 6.07) is 6.78. The fourth-order valence-corrected chi connectivity index (χ4v) is 2.87. The number of rotatable bonds is 1. The van der Waals surface area contributed by atoms with Gasteiger partial charge in [-0.1, -0.05) is 18.6 Å². The van der Waals surface area contributed by atoms with Crippen LogP contribution >= 0.6 is 0 Å². The number of benzene rings is 1. The summed E-state index contributed by atoms with van der Waals surface area (Å²) < 4.78 is 2.26. The van der Waals surface area contributed by atoms with Crippen LogP contribution in [-0.4, -0.2) is 16.1 Å². The average molecular weight is 229 g/mol. The maximum absolute atomic E-state index is 4.80. The van der Waals surface area contributed by atoms with Gasteiger partial charge in [0.15, 0.2) is 0 Å². The van der Waals surface area contributed by atoms with E-state index in [4.69, 9.17) is 4.98 Å². The quantitative estimate of drug-likeness (QED) is 0.814. The zero-order valence-electron chi connectivity index (χ0n) is 10.5. The summed E-state index contributed by atoms with van der Waals surface area (Å²) in [5, 5.41) is 3.57. The molecule has 0 spiro atoms. The predicted molar refractivity (Wildman–Crippen MR) is 70.0 cm³/mol. The van der Waals surface area contributed by atoms with Crippen molar-refractivity contribution in [1.82, 2.24) is 14.9 Å². The van der Waals surface area contributed by atoms with E-state index in [9.17, 15) is 0 Å². The Kier molecular flexibility index (Phi) is 2.63. The predicted octanol–water partition coefficient (Wildman–Crippen LogP) is 2.70. The van der Waals surface area contributed by atoms with Gasteiger partial charge in [0.2, 0.25) is 0 Å². The molecule has 0 saturated carbocycles. The Labute approximate surface area is 102 Å². The Hall–Kier alpha value is -1.35. The smallest absolute Gasteiger partial charge is 0.126 e. The van der Waals surface area contributed by atoms with E-state index in [1.165, 1.54) is 36.2 Å². The van der Waals surface area contributed by atoms with Crippen LogP contribution in [0.15, 0.2) is 18.2 Å². The molecule has 1 aliphatic rings. The molecule has 2 aromatic rings. The van der Waals surface area contributed by atoms with Gasteiger partial charge in [0.25, 0.3) is 0 Å². The number of aryl methyl sites for hydroxylation is 2. The van der Waals surface area contributed by atoms with Gasteiger partial charge in [-0.15, -0.1) is 0 Å². The first-order chi connectivity index (χ1) is 8.27. The summed E-state index contributed by atoms with van der Waals surface area (Å²) in [5.41, 5.74) is 3.70. The molecule has 1 N–H and O–H groups in total. The first-order valence-electron chi connectivity index (χ1n) is 6.42. The van der Waals surface area contributed by atoms with Crippen LogP contribution in [-0.2, 0) is 7.05 Å². The second-order valence-corrected chi connectivity index (χ2v) is 4.97. The van der Waals surface area contributed by atoms with Crippen molar-refractivity contribution in [3.05, 3.63) is 29.6 Å². The van der Waals surface area contributed by atoms with Crippen LogP contribution in [0.1, 0.15) is 36.7 Å². The molecule has 90 valence electrons. The standard InChI is InChI=1S/C14H19N3/c1-10-6-5-8-11-13(10)17(2)14(16-11)12-7-3-4-9-15-12/h5-6,8,12,15H,3-4,7,9H2,1-2H3. The largest absolute Gasteiger partial charge is 0.330 e. The Morgan fingerprint density at radius 2 is 2.24 bits per heavy atom.